The third-order valence-electron chi connectivity index (χ3n) is 13.4. The molecule has 2 nitrogen and oxygen atoms in total. The average Bonchev–Trinajstić information content (AvgIpc) is 3.45. The number of benzene rings is 8. The Morgan fingerprint density at radius 2 is 0.908 bits per heavy atom. The van der Waals surface area contributed by atoms with Crippen LogP contribution in [0, 0.1) is 0 Å². The summed E-state index contributed by atoms with van der Waals surface area (Å²) in [4.78, 5) is 4.73. The Balaban J connectivity index is 0.968. The standard InChI is InChI=1S/C63H48N2/c1-4-51(64-59-25-13-5-17-47(59)35-36-48-18-6-14-26-60(48)64)39-29-44(2)53-42-34-46(43-58(53)63(3)56-23-11-9-21-54(56)55-22-10-12-24-57(55)63)31-30-45-32-40-52(41-33-45)65-61-27-15-7-19-49(61)37-38-50-20-8-16-28-62(50)65/h4-43H,2H2,1,3H3/b31-30+,39-29-,51-4+. The number of nitrogens with zero attached hydrogens (tertiary/aromatic N) is 2. The summed E-state index contributed by atoms with van der Waals surface area (Å²) < 4.78 is 0. The van der Waals surface area contributed by atoms with Crippen molar-refractivity contribution in [2.45, 2.75) is 19.3 Å². The molecule has 1 aliphatic carbocycles. The summed E-state index contributed by atoms with van der Waals surface area (Å²) in [6, 6.07) is 68.0. The second kappa shape index (κ2) is 16.5. The Kier molecular flexibility index (Phi) is 10.1. The molecular formula is C63H48N2. The highest BCUT2D eigenvalue weighted by molar-refractivity contribution is 5.94. The lowest BCUT2D eigenvalue weighted by atomic mass is 9.71. The second-order valence-electron chi connectivity index (χ2n) is 17.1. The van der Waals surface area contributed by atoms with Crippen molar-refractivity contribution in [3.63, 3.8) is 0 Å². The topological polar surface area (TPSA) is 6.48 Å². The Morgan fingerprint density at radius 3 is 1.45 bits per heavy atom. The van der Waals surface area contributed by atoms with Crippen LogP contribution >= 0.6 is 0 Å². The molecule has 0 N–H and O–H groups in total. The molecule has 310 valence electrons. The normalized spacial score (nSPS) is 14.3. The van der Waals surface area contributed by atoms with Crippen LogP contribution in [0.5, 0.6) is 0 Å². The zero-order chi connectivity index (χ0) is 43.9. The van der Waals surface area contributed by atoms with E-state index in [1.165, 1.54) is 61.4 Å². The minimum Gasteiger partial charge on any atom is -0.310 e. The average molecular weight is 833 g/mol. The van der Waals surface area contributed by atoms with Gasteiger partial charge in [-0.15, -0.1) is 0 Å². The first-order chi connectivity index (χ1) is 32.0. The SMILES string of the molecule is C=C(/C=C\C(=C/C)N1c2ccccc2C=Cc2ccccc21)c1ccc(/C=C/c2ccc(N3c4ccccc4C=Cc4ccccc43)cc2)cc1C1(C)c2ccccc2-c2ccccc21. The first-order valence-electron chi connectivity index (χ1n) is 22.5. The molecule has 11 rings (SSSR count). The summed E-state index contributed by atoms with van der Waals surface area (Å²) >= 11 is 0. The molecule has 65 heavy (non-hydrogen) atoms. The third-order valence-corrected chi connectivity index (χ3v) is 13.4. The van der Waals surface area contributed by atoms with Gasteiger partial charge in [0.2, 0.25) is 0 Å². The summed E-state index contributed by atoms with van der Waals surface area (Å²) in [6.07, 6.45) is 19.9. The van der Waals surface area contributed by atoms with Crippen molar-refractivity contribution >= 4 is 70.5 Å². The van der Waals surface area contributed by atoms with Crippen LogP contribution in [0.4, 0.5) is 28.4 Å². The number of anilines is 5. The first-order valence-corrected chi connectivity index (χ1v) is 22.5. The van der Waals surface area contributed by atoms with E-state index in [-0.39, 0.29) is 0 Å². The maximum absolute atomic E-state index is 4.79. The van der Waals surface area contributed by atoms with Crippen LogP contribution < -0.4 is 9.80 Å². The quantitative estimate of drug-likeness (QED) is 0.111. The molecule has 0 amide bonds. The van der Waals surface area contributed by atoms with Crippen molar-refractivity contribution in [2.24, 2.45) is 0 Å². The fourth-order valence-corrected chi connectivity index (χ4v) is 10.1. The lowest BCUT2D eigenvalue weighted by molar-refractivity contribution is 0.711. The first kappa shape index (κ1) is 39.6. The molecule has 8 aromatic rings. The van der Waals surface area contributed by atoms with Crippen LogP contribution in [0.3, 0.4) is 0 Å². The molecule has 0 saturated carbocycles. The molecule has 3 aliphatic rings. The molecule has 0 aromatic heterocycles. The van der Waals surface area contributed by atoms with E-state index in [9.17, 15) is 0 Å². The zero-order valence-electron chi connectivity index (χ0n) is 36.7. The van der Waals surface area contributed by atoms with Gasteiger partial charge in [0.15, 0.2) is 0 Å². The van der Waals surface area contributed by atoms with Gasteiger partial charge in [0, 0.05) is 16.8 Å². The number of hydrogen-bond acceptors (Lipinski definition) is 2. The van der Waals surface area contributed by atoms with E-state index < -0.39 is 5.41 Å². The molecular weight excluding hydrogens is 785 g/mol. The van der Waals surface area contributed by atoms with E-state index in [1.807, 2.05) is 0 Å². The van der Waals surface area contributed by atoms with Gasteiger partial charge in [-0.05, 0) is 135 Å². The fraction of sp³-hybridized carbons (Fsp3) is 0.0476. The molecule has 0 bridgehead atoms. The van der Waals surface area contributed by atoms with Gasteiger partial charge in [-0.2, -0.15) is 0 Å². The van der Waals surface area contributed by atoms with Gasteiger partial charge in [-0.1, -0.05) is 201 Å². The lowest BCUT2D eigenvalue weighted by Gasteiger charge is -2.31. The highest BCUT2D eigenvalue weighted by atomic mass is 15.2. The van der Waals surface area contributed by atoms with Crippen LogP contribution in [0.25, 0.3) is 53.2 Å². The predicted octanol–water partition coefficient (Wildman–Crippen LogP) is 16.9. The van der Waals surface area contributed by atoms with Gasteiger partial charge in [0.05, 0.1) is 22.7 Å². The summed E-state index contributed by atoms with van der Waals surface area (Å²) in [7, 11) is 0. The monoisotopic (exact) mass is 832 g/mol. The maximum atomic E-state index is 4.79. The Labute approximate surface area is 383 Å². The van der Waals surface area contributed by atoms with Crippen LogP contribution in [0.1, 0.15) is 69.5 Å². The highest BCUT2D eigenvalue weighted by Gasteiger charge is 2.42. The van der Waals surface area contributed by atoms with Gasteiger partial charge >= 0.3 is 0 Å². The molecule has 0 atom stereocenters. The van der Waals surface area contributed by atoms with Crippen molar-refractivity contribution < 1.29 is 0 Å². The third kappa shape index (κ3) is 6.92. The van der Waals surface area contributed by atoms with Gasteiger partial charge in [-0.3, -0.25) is 0 Å². The molecule has 0 saturated heterocycles. The Hall–Kier alpha value is -8.20. The molecule has 2 aliphatic heterocycles. The van der Waals surface area contributed by atoms with E-state index in [0.717, 1.165) is 45.0 Å². The Morgan fingerprint density at radius 1 is 0.462 bits per heavy atom. The van der Waals surface area contributed by atoms with Gasteiger partial charge in [0.25, 0.3) is 0 Å². The van der Waals surface area contributed by atoms with E-state index in [0.29, 0.717) is 0 Å². The zero-order valence-corrected chi connectivity index (χ0v) is 36.7. The lowest BCUT2D eigenvalue weighted by Crippen LogP contribution is -2.24. The van der Waals surface area contributed by atoms with Crippen LogP contribution in [0.2, 0.25) is 0 Å². The Bertz CT molecular complexity index is 3170. The molecule has 2 heterocycles. The number of rotatable bonds is 8. The number of fused-ring (bicyclic) bond motifs is 7. The van der Waals surface area contributed by atoms with Crippen LogP contribution in [0.15, 0.2) is 219 Å². The summed E-state index contributed by atoms with van der Waals surface area (Å²) in [5, 5.41) is 0. The minimum absolute atomic E-state index is 0.419. The predicted molar refractivity (Wildman–Crippen MR) is 279 cm³/mol. The van der Waals surface area contributed by atoms with Crippen molar-refractivity contribution in [2.75, 3.05) is 9.80 Å². The summed E-state index contributed by atoms with van der Waals surface area (Å²) in [5.41, 5.74) is 21.9. The molecule has 0 radical (unpaired) electrons. The van der Waals surface area contributed by atoms with Crippen molar-refractivity contribution in [1.82, 2.24) is 0 Å². The van der Waals surface area contributed by atoms with Gasteiger partial charge in [-0.25, -0.2) is 0 Å². The van der Waals surface area contributed by atoms with Crippen molar-refractivity contribution in [3.8, 4) is 11.1 Å². The second-order valence-corrected chi connectivity index (χ2v) is 17.1. The van der Waals surface area contributed by atoms with Gasteiger partial charge in [0.1, 0.15) is 0 Å². The van der Waals surface area contributed by atoms with Gasteiger partial charge < -0.3 is 9.80 Å². The molecule has 0 spiro atoms. The maximum Gasteiger partial charge on any atom is 0.0534 e. The summed E-state index contributed by atoms with van der Waals surface area (Å²) in [5.74, 6) is 0. The molecule has 0 fully saturated rings. The number of allylic oxidation sites excluding steroid dienone is 4. The minimum atomic E-state index is -0.419. The fourth-order valence-electron chi connectivity index (χ4n) is 10.1. The van der Waals surface area contributed by atoms with Crippen molar-refractivity contribution in [3.05, 3.63) is 274 Å². The van der Waals surface area contributed by atoms with E-state index in [2.05, 4.69) is 266 Å². The largest absolute Gasteiger partial charge is 0.310 e. The van der Waals surface area contributed by atoms with E-state index in [4.69, 9.17) is 6.58 Å². The van der Waals surface area contributed by atoms with E-state index in [1.54, 1.807) is 0 Å². The number of para-hydroxylation sites is 4. The smallest absolute Gasteiger partial charge is 0.0534 e. The van der Waals surface area contributed by atoms with Crippen molar-refractivity contribution in [1.29, 1.82) is 0 Å². The highest BCUT2D eigenvalue weighted by Crippen LogP contribution is 2.54. The van der Waals surface area contributed by atoms with E-state index >= 15 is 0 Å². The van der Waals surface area contributed by atoms with Crippen LogP contribution in [-0.2, 0) is 5.41 Å². The molecule has 0 unspecified atom stereocenters. The van der Waals surface area contributed by atoms with Crippen LogP contribution in [-0.4, -0.2) is 0 Å². The molecule has 2 heteroatoms. The summed E-state index contributed by atoms with van der Waals surface area (Å²) in [6.45, 7) is 9.30. The number of hydrogen-bond donors (Lipinski definition) is 0. The molecule has 8 aromatic carbocycles.